The Morgan fingerprint density at radius 1 is 1.21 bits per heavy atom. The standard InChI is InChI=1S/C18H27N/c1-2-11-19-18(12-14-7-6-8-14)17-13-16(17)15-9-4-3-5-10-15/h3-5,9-10,14,16-19H,2,6-8,11-13H2,1H3. The van der Waals surface area contributed by atoms with Crippen molar-refractivity contribution in [2.75, 3.05) is 6.54 Å². The lowest BCUT2D eigenvalue weighted by atomic mass is 9.79. The van der Waals surface area contributed by atoms with E-state index in [1.54, 1.807) is 5.56 Å². The molecule has 1 N–H and O–H groups in total. The third-order valence-corrected chi connectivity index (χ3v) is 5.05. The lowest BCUT2D eigenvalue weighted by Gasteiger charge is -2.30. The van der Waals surface area contributed by atoms with E-state index in [1.165, 1.54) is 45.1 Å². The van der Waals surface area contributed by atoms with Crippen LogP contribution in [-0.2, 0) is 0 Å². The van der Waals surface area contributed by atoms with Gasteiger partial charge in [0.05, 0.1) is 0 Å². The first kappa shape index (κ1) is 13.2. The third kappa shape index (κ3) is 3.20. The average Bonchev–Trinajstić information content (AvgIpc) is 3.18. The Kier molecular flexibility index (Phi) is 4.22. The molecule has 0 spiro atoms. The highest BCUT2D eigenvalue weighted by Gasteiger charge is 2.44. The van der Waals surface area contributed by atoms with Crippen LogP contribution in [0.3, 0.4) is 0 Å². The Hall–Kier alpha value is -0.820. The summed E-state index contributed by atoms with van der Waals surface area (Å²) in [5.41, 5.74) is 1.56. The Bertz CT molecular complexity index is 382. The minimum atomic E-state index is 0.774. The molecule has 1 aromatic carbocycles. The molecular weight excluding hydrogens is 230 g/mol. The van der Waals surface area contributed by atoms with Crippen molar-refractivity contribution in [1.82, 2.24) is 5.32 Å². The van der Waals surface area contributed by atoms with Crippen LogP contribution in [0.5, 0.6) is 0 Å². The molecular formula is C18H27N. The van der Waals surface area contributed by atoms with Gasteiger partial charge in [0.1, 0.15) is 0 Å². The number of benzene rings is 1. The first-order valence-electron chi connectivity index (χ1n) is 8.16. The predicted octanol–water partition coefficient (Wildman–Crippen LogP) is 4.35. The Morgan fingerprint density at radius 3 is 2.63 bits per heavy atom. The van der Waals surface area contributed by atoms with Gasteiger partial charge in [0, 0.05) is 6.04 Å². The largest absolute Gasteiger partial charge is 0.314 e. The van der Waals surface area contributed by atoms with E-state index in [-0.39, 0.29) is 0 Å². The number of hydrogen-bond donors (Lipinski definition) is 1. The first-order valence-corrected chi connectivity index (χ1v) is 8.16. The number of rotatable bonds is 7. The SMILES string of the molecule is CCCNC(CC1CCC1)C1CC1c1ccccc1. The van der Waals surface area contributed by atoms with Crippen molar-refractivity contribution in [3.8, 4) is 0 Å². The second-order valence-electron chi connectivity index (χ2n) is 6.51. The molecule has 19 heavy (non-hydrogen) atoms. The summed E-state index contributed by atoms with van der Waals surface area (Å²) in [4.78, 5) is 0. The van der Waals surface area contributed by atoms with E-state index in [2.05, 4.69) is 42.6 Å². The Labute approximate surface area is 117 Å². The summed E-state index contributed by atoms with van der Waals surface area (Å²) < 4.78 is 0. The molecule has 3 atom stereocenters. The van der Waals surface area contributed by atoms with Crippen LogP contribution in [0.15, 0.2) is 30.3 Å². The number of hydrogen-bond acceptors (Lipinski definition) is 1. The molecule has 3 rings (SSSR count). The monoisotopic (exact) mass is 257 g/mol. The van der Waals surface area contributed by atoms with E-state index in [1.807, 2.05) is 0 Å². The van der Waals surface area contributed by atoms with E-state index in [0.717, 1.165) is 23.8 Å². The van der Waals surface area contributed by atoms with E-state index >= 15 is 0 Å². The highest BCUT2D eigenvalue weighted by molar-refractivity contribution is 5.26. The number of nitrogens with one attached hydrogen (secondary N) is 1. The second kappa shape index (κ2) is 6.09. The van der Waals surface area contributed by atoms with Crippen LogP contribution < -0.4 is 5.32 Å². The normalized spacial score (nSPS) is 27.8. The van der Waals surface area contributed by atoms with E-state index in [0.29, 0.717) is 0 Å². The fourth-order valence-corrected chi connectivity index (χ4v) is 3.57. The van der Waals surface area contributed by atoms with E-state index in [4.69, 9.17) is 0 Å². The van der Waals surface area contributed by atoms with Crippen LogP contribution in [0.1, 0.15) is 56.9 Å². The van der Waals surface area contributed by atoms with E-state index in [9.17, 15) is 0 Å². The van der Waals surface area contributed by atoms with Crippen LogP contribution in [0.2, 0.25) is 0 Å². The summed E-state index contributed by atoms with van der Waals surface area (Å²) in [6, 6.07) is 11.9. The predicted molar refractivity (Wildman–Crippen MR) is 81.3 cm³/mol. The van der Waals surface area contributed by atoms with Crippen LogP contribution >= 0.6 is 0 Å². The fraction of sp³-hybridized carbons (Fsp3) is 0.667. The van der Waals surface area contributed by atoms with Crippen molar-refractivity contribution in [2.45, 2.75) is 57.4 Å². The van der Waals surface area contributed by atoms with E-state index < -0.39 is 0 Å². The highest BCUT2D eigenvalue weighted by atomic mass is 14.9. The van der Waals surface area contributed by atoms with Crippen molar-refractivity contribution < 1.29 is 0 Å². The highest BCUT2D eigenvalue weighted by Crippen LogP contribution is 2.51. The summed E-state index contributed by atoms with van der Waals surface area (Å²) in [5.74, 6) is 2.75. The topological polar surface area (TPSA) is 12.0 Å². The lowest BCUT2D eigenvalue weighted by Crippen LogP contribution is -2.35. The molecule has 1 aromatic rings. The molecule has 0 saturated heterocycles. The molecule has 0 aliphatic heterocycles. The quantitative estimate of drug-likeness (QED) is 0.766. The van der Waals surface area contributed by atoms with Crippen LogP contribution in [0.4, 0.5) is 0 Å². The molecule has 1 heteroatoms. The van der Waals surface area contributed by atoms with Gasteiger partial charge in [0.15, 0.2) is 0 Å². The van der Waals surface area contributed by atoms with Gasteiger partial charge in [-0.05, 0) is 49.1 Å². The van der Waals surface area contributed by atoms with Gasteiger partial charge < -0.3 is 5.32 Å². The summed E-state index contributed by atoms with van der Waals surface area (Å²) in [5, 5.41) is 3.83. The fourth-order valence-electron chi connectivity index (χ4n) is 3.57. The third-order valence-electron chi connectivity index (χ3n) is 5.05. The van der Waals surface area contributed by atoms with Crippen molar-refractivity contribution >= 4 is 0 Å². The maximum absolute atomic E-state index is 3.83. The zero-order valence-electron chi connectivity index (χ0n) is 12.1. The Morgan fingerprint density at radius 2 is 2.00 bits per heavy atom. The van der Waals surface area contributed by atoms with Crippen molar-refractivity contribution in [1.29, 1.82) is 0 Å². The maximum Gasteiger partial charge on any atom is 0.0104 e. The molecule has 2 fully saturated rings. The summed E-state index contributed by atoms with van der Waals surface area (Å²) in [6.07, 6.45) is 8.51. The Balaban J connectivity index is 1.57. The van der Waals surface area contributed by atoms with Gasteiger partial charge >= 0.3 is 0 Å². The molecule has 0 aromatic heterocycles. The minimum absolute atomic E-state index is 0.774. The van der Waals surface area contributed by atoms with Gasteiger partial charge in [-0.1, -0.05) is 56.5 Å². The average molecular weight is 257 g/mol. The molecule has 2 aliphatic carbocycles. The first-order chi connectivity index (χ1) is 9.38. The molecule has 1 nitrogen and oxygen atoms in total. The van der Waals surface area contributed by atoms with Crippen LogP contribution in [-0.4, -0.2) is 12.6 Å². The zero-order chi connectivity index (χ0) is 13.1. The molecule has 0 amide bonds. The lowest BCUT2D eigenvalue weighted by molar-refractivity contribution is 0.247. The molecule has 0 heterocycles. The zero-order valence-corrected chi connectivity index (χ0v) is 12.1. The van der Waals surface area contributed by atoms with Crippen molar-refractivity contribution in [3.05, 3.63) is 35.9 Å². The van der Waals surface area contributed by atoms with Gasteiger partial charge in [0.25, 0.3) is 0 Å². The van der Waals surface area contributed by atoms with Crippen molar-refractivity contribution in [3.63, 3.8) is 0 Å². The molecule has 3 unspecified atom stereocenters. The van der Waals surface area contributed by atoms with Crippen molar-refractivity contribution in [2.24, 2.45) is 11.8 Å². The molecule has 2 aliphatic rings. The summed E-state index contributed by atoms with van der Waals surface area (Å²) >= 11 is 0. The maximum atomic E-state index is 3.83. The van der Waals surface area contributed by atoms with Gasteiger partial charge in [-0.15, -0.1) is 0 Å². The smallest absolute Gasteiger partial charge is 0.0104 e. The van der Waals surface area contributed by atoms with Gasteiger partial charge in [0.2, 0.25) is 0 Å². The second-order valence-corrected chi connectivity index (χ2v) is 6.51. The summed E-state index contributed by atoms with van der Waals surface area (Å²) in [6.45, 7) is 3.46. The van der Waals surface area contributed by atoms with Gasteiger partial charge in [-0.25, -0.2) is 0 Å². The molecule has 104 valence electrons. The van der Waals surface area contributed by atoms with Crippen LogP contribution in [0, 0.1) is 11.8 Å². The van der Waals surface area contributed by atoms with Gasteiger partial charge in [-0.3, -0.25) is 0 Å². The van der Waals surface area contributed by atoms with Gasteiger partial charge in [-0.2, -0.15) is 0 Å². The minimum Gasteiger partial charge on any atom is -0.314 e. The van der Waals surface area contributed by atoms with Crippen LogP contribution in [0.25, 0.3) is 0 Å². The summed E-state index contributed by atoms with van der Waals surface area (Å²) in [7, 11) is 0. The molecule has 2 saturated carbocycles. The molecule has 0 bridgehead atoms. The molecule has 0 radical (unpaired) electrons.